The molecule has 1 aliphatic carbocycles. The quantitative estimate of drug-likeness (QED) is 0.666. The molecule has 1 unspecified atom stereocenters. The summed E-state index contributed by atoms with van der Waals surface area (Å²) < 4.78 is 38.9. The zero-order valence-corrected chi connectivity index (χ0v) is 18.9. The first-order valence-corrected chi connectivity index (χ1v) is 13.1. The van der Waals surface area contributed by atoms with Crippen molar-refractivity contribution in [1.82, 2.24) is 19.3 Å². The number of sulfonamides is 1. The number of carbonyl (C=O) groups is 1. The Kier molecular flexibility index (Phi) is 5.84. The number of nitrogens with zero attached hydrogens (tertiary/aromatic N) is 4. The molecule has 0 N–H and O–H groups in total. The van der Waals surface area contributed by atoms with E-state index >= 15 is 0 Å². The zero-order valence-electron chi connectivity index (χ0n) is 17.2. The van der Waals surface area contributed by atoms with Gasteiger partial charge in [0.05, 0.1) is 19.1 Å². The second-order valence-electron chi connectivity index (χ2n) is 8.38. The summed E-state index contributed by atoms with van der Waals surface area (Å²) in [6, 6.07) is 1.61. The number of hydrogen-bond acceptors (Lipinski definition) is 8. The molecule has 9 nitrogen and oxygen atoms in total. The van der Waals surface area contributed by atoms with Crippen LogP contribution in [0.1, 0.15) is 43.9 Å². The van der Waals surface area contributed by atoms with Crippen LogP contribution in [0.3, 0.4) is 0 Å². The number of carbonyl (C=O) groups excluding carboxylic acids is 1. The lowest BCUT2D eigenvalue weighted by Gasteiger charge is -2.35. The first-order valence-electron chi connectivity index (χ1n) is 10.8. The highest BCUT2D eigenvalue weighted by Crippen LogP contribution is 2.37. The van der Waals surface area contributed by atoms with Crippen molar-refractivity contribution in [2.75, 3.05) is 39.4 Å². The van der Waals surface area contributed by atoms with Crippen LogP contribution >= 0.6 is 11.3 Å². The molecule has 2 aromatic rings. The van der Waals surface area contributed by atoms with Crippen molar-refractivity contribution in [1.29, 1.82) is 0 Å². The summed E-state index contributed by atoms with van der Waals surface area (Å²) in [6.45, 7) is 2.87. The van der Waals surface area contributed by atoms with Gasteiger partial charge in [-0.1, -0.05) is 11.6 Å². The highest BCUT2D eigenvalue weighted by atomic mass is 32.2. The topological polar surface area (TPSA) is 106 Å². The number of amides is 1. The number of aromatic nitrogens is 2. The van der Waals surface area contributed by atoms with Gasteiger partial charge >= 0.3 is 0 Å². The maximum atomic E-state index is 13.3. The number of ether oxygens (including phenoxy) is 1. The molecule has 2 aliphatic heterocycles. The predicted molar refractivity (Wildman–Crippen MR) is 113 cm³/mol. The summed E-state index contributed by atoms with van der Waals surface area (Å²) in [6.07, 6.45) is 4.68. The highest BCUT2D eigenvalue weighted by molar-refractivity contribution is 7.91. The van der Waals surface area contributed by atoms with Crippen LogP contribution < -0.4 is 0 Å². The standard InChI is InChI=1S/C20H26N4O5S2/c25-20(23-7-9-28-10-8-23)15-5-2-6-24(12-15)31(26,27)17-11-16(13-30-17)18-21-19(29-22-18)14-3-1-4-14/h11,13-15H,1-10,12H2. The van der Waals surface area contributed by atoms with E-state index in [4.69, 9.17) is 9.26 Å². The summed E-state index contributed by atoms with van der Waals surface area (Å²) in [5.74, 6) is 1.13. The van der Waals surface area contributed by atoms with Gasteiger partial charge in [-0.25, -0.2) is 8.42 Å². The third-order valence-corrected chi connectivity index (χ3v) is 9.66. The molecule has 1 amide bonds. The Morgan fingerprint density at radius 2 is 1.94 bits per heavy atom. The van der Waals surface area contributed by atoms with Crippen LogP contribution in [0.25, 0.3) is 11.4 Å². The van der Waals surface area contributed by atoms with Gasteiger partial charge in [0.2, 0.25) is 17.6 Å². The highest BCUT2D eigenvalue weighted by Gasteiger charge is 2.36. The van der Waals surface area contributed by atoms with E-state index in [1.807, 2.05) is 0 Å². The molecular formula is C20H26N4O5S2. The van der Waals surface area contributed by atoms with Gasteiger partial charge < -0.3 is 14.2 Å². The normalized spacial score (nSPS) is 23.6. The maximum absolute atomic E-state index is 13.3. The van der Waals surface area contributed by atoms with Crippen LogP contribution in [0.4, 0.5) is 0 Å². The van der Waals surface area contributed by atoms with Crippen molar-refractivity contribution in [2.24, 2.45) is 5.92 Å². The molecule has 2 saturated heterocycles. The van der Waals surface area contributed by atoms with Gasteiger partial charge in [-0.05, 0) is 31.7 Å². The minimum atomic E-state index is -3.68. The fourth-order valence-corrected chi connectivity index (χ4v) is 7.11. The van der Waals surface area contributed by atoms with Crippen LogP contribution in [0.5, 0.6) is 0 Å². The van der Waals surface area contributed by atoms with E-state index in [2.05, 4.69) is 10.1 Å². The molecule has 31 heavy (non-hydrogen) atoms. The fourth-order valence-electron chi connectivity index (χ4n) is 4.27. The second kappa shape index (κ2) is 8.61. The number of hydrogen-bond donors (Lipinski definition) is 0. The first kappa shape index (κ1) is 21.0. The lowest BCUT2D eigenvalue weighted by Crippen LogP contribution is -2.49. The van der Waals surface area contributed by atoms with Gasteiger partial charge in [0.15, 0.2) is 0 Å². The van der Waals surface area contributed by atoms with Gasteiger partial charge in [0.1, 0.15) is 4.21 Å². The Morgan fingerprint density at radius 3 is 2.68 bits per heavy atom. The first-order chi connectivity index (χ1) is 15.0. The summed E-state index contributed by atoms with van der Waals surface area (Å²) >= 11 is 1.16. The molecule has 3 fully saturated rings. The molecule has 1 atom stereocenters. The molecular weight excluding hydrogens is 440 g/mol. The third kappa shape index (κ3) is 4.15. The van der Waals surface area contributed by atoms with Crippen LogP contribution in [-0.2, 0) is 19.6 Å². The predicted octanol–water partition coefficient (Wildman–Crippen LogP) is 2.33. The number of morpholine rings is 1. The average molecular weight is 467 g/mol. The zero-order chi connectivity index (χ0) is 21.4. The van der Waals surface area contributed by atoms with E-state index in [0.29, 0.717) is 68.9 Å². The Balaban J connectivity index is 1.29. The lowest BCUT2D eigenvalue weighted by molar-refractivity contribution is -0.140. The average Bonchev–Trinajstić information content (AvgIpc) is 3.43. The summed E-state index contributed by atoms with van der Waals surface area (Å²) in [7, 11) is -3.68. The van der Waals surface area contributed by atoms with E-state index < -0.39 is 10.0 Å². The van der Waals surface area contributed by atoms with Gasteiger partial charge in [-0.3, -0.25) is 4.79 Å². The van der Waals surface area contributed by atoms with Gasteiger partial charge in [0, 0.05) is 43.0 Å². The van der Waals surface area contributed by atoms with Crippen LogP contribution in [0, 0.1) is 5.92 Å². The monoisotopic (exact) mass is 466 g/mol. The third-order valence-electron chi connectivity index (χ3n) is 6.38. The molecule has 3 aliphatic rings. The van der Waals surface area contributed by atoms with Crippen molar-refractivity contribution in [3.8, 4) is 11.4 Å². The molecule has 0 aromatic carbocycles. The van der Waals surface area contributed by atoms with E-state index in [0.717, 1.165) is 24.2 Å². The van der Waals surface area contributed by atoms with Crippen molar-refractivity contribution >= 4 is 27.3 Å². The Morgan fingerprint density at radius 1 is 1.13 bits per heavy atom. The van der Waals surface area contributed by atoms with Gasteiger partial charge in [-0.2, -0.15) is 9.29 Å². The fraction of sp³-hybridized carbons (Fsp3) is 0.650. The number of rotatable bonds is 5. The SMILES string of the molecule is O=C(C1CCCN(S(=O)(=O)c2cc(-c3noc(C4CCC4)n3)cs2)C1)N1CCOCC1. The molecule has 11 heteroatoms. The second-order valence-corrected chi connectivity index (χ2v) is 11.5. The van der Waals surface area contributed by atoms with Crippen LogP contribution in [-0.4, -0.2) is 73.1 Å². The van der Waals surface area contributed by atoms with Gasteiger partial charge in [-0.15, -0.1) is 11.3 Å². The van der Waals surface area contributed by atoms with E-state index in [1.165, 1.54) is 10.7 Å². The number of thiophene rings is 1. The summed E-state index contributed by atoms with van der Waals surface area (Å²) in [5.41, 5.74) is 0.649. The van der Waals surface area contributed by atoms with Gasteiger partial charge in [0.25, 0.3) is 10.0 Å². The minimum absolute atomic E-state index is 0.0328. The van der Waals surface area contributed by atoms with Crippen molar-refractivity contribution in [2.45, 2.75) is 42.2 Å². The molecule has 0 radical (unpaired) electrons. The summed E-state index contributed by atoms with van der Waals surface area (Å²) in [5, 5.41) is 5.79. The molecule has 1 saturated carbocycles. The molecule has 5 rings (SSSR count). The van der Waals surface area contributed by atoms with Crippen LogP contribution in [0.2, 0.25) is 0 Å². The van der Waals surface area contributed by atoms with E-state index in [9.17, 15) is 13.2 Å². The van der Waals surface area contributed by atoms with E-state index in [1.54, 1.807) is 16.3 Å². The molecule has 168 valence electrons. The Hall–Kier alpha value is -1.82. The van der Waals surface area contributed by atoms with Crippen molar-refractivity contribution in [3.63, 3.8) is 0 Å². The Labute approximate surface area is 185 Å². The minimum Gasteiger partial charge on any atom is -0.378 e. The van der Waals surface area contributed by atoms with E-state index in [-0.39, 0.29) is 22.6 Å². The summed E-state index contributed by atoms with van der Waals surface area (Å²) in [4.78, 5) is 19.1. The molecule has 2 aromatic heterocycles. The largest absolute Gasteiger partial charge is 0.378 e. The molecule has 4 heterocycles. The number of piperidine rings is 1. The van der Waals surface area contributed by atoms with Crippen molar-refractivity contribution in [3.05, 3.63) is 17.3 Å². The smallest absolute Gasteiger partial charge is 0.252 e. The molecule has 0 spiro atoms. The molecule has 0 bridgehead atoms. The van der Waals surface area contributed by atoms with Crippen LogP contribution in [0.15, 0.2) is 20.2 Å². The van der Waals surface area contributed by atoms with Crippen molar-refractivity contribution < 1.29 is 22.5 Å². The lowest BCUT2D eigenvalue weighted by atomic mass is 9.85. The Bertz CT molecular complexity index is 1040. The maximum Gasteiger partial charge on any atom is 0.252 e.